The molecule has 0 bridgehead atoms. The third kappa shape index (κ3) is 6.24. The van der Waals surface area contributed by atoms with E-state index in [0.717, 1.165) is 12.8 Å². The van der Waals surface area contributed by atoms with Crippen LogP contribution in [0.15, 0.2) is 46.3 Å². The topological polar surface area (TPSA) is 128 Å². The van der Waals surface area contributed by atoms with E-state index in [4.69, 9.17) is 4.74 Å². The highest BCUT2D eigenvalue weighted by molar-refractivity contribution is 7.99. The van der Waals surface area contributed by atoms with Crippen LogP contribution in [0.25, 0.3) is 5.65 Å². The van der Waals surface area contributed by atoms with Crippen molar-refractivity contribution in [1.82, 2.24) is 29.9 Å². The first kappa shape index (κ1) is 24.4. The van der Waals surface area contributed by atoms with E-state index < -0.39 is 10.0 Å². The van der Waals surface area contributed by atoms with E-state index in [1.807, 2.05) is 0 Å². The second kappa shape index (κ2) is 11.2. The van der Waals surface area contributed by atoms with Crippen LogP contribution >= 0.6 is 11.8 Å². The van der Waals surface area contributed by atoms with E-state index in [-0.39, 0.29) is 29.1 Å². The Labute approximate surface area is 202 Å². The molecule has 2 heterocycles. The van der Waals surface area contributed by atoms with Gasteiger partial charge in [0.15, 0.2) is 11.5 Å². The Balaban J connectivity index is 1.33. The smallest absolute Gasteiger partial charge is 0.240 e. The van der Waals surface area contributed by atoms with E-state index in [1.54, 1.807) is 28.8 Å². The summed E-state index contributed by atoms with van der Waals surface area (Å²) in [6.45, 7) is 0.137. The molecule has 2 N–H and O–H groups in total. The molecular formula is C22H28N6O4S2. The monoisotopic (exact) mass is 504 g/mol. The summed E-state index contributed by atoms with van der Waals surface area (Å²) in [4.78, 5) is 12.4. The summed E-state index contributed by atoms with van der Waals surface area (Å²) in [6.07, 6.45) is 5.99. The number of nitrogens with one attached hydrogen (secondary N) is 2. The first-order chi connectivity index (χ1) is 16.4. The van der Waals surface area contributed by atoms with E-state index in [0.29, 0.717) is 28.7 Å². The number of rotatable bonds is 10. The van der Waals surface area contributed by atoms with Gasteiger partial charge in [-0.25, -0.2) is 13.1 Å². The van der Waals surface area contributed by atoms with Gasteiger partial charge in [0.1, 0.15) is 10.8 Å². The molecule has 0 aliphatic heterocycles. The number of nitrogens with zero attached hydrogens (tertiary/aromatic N) is 4. The lowest BCUT2D eigenvalue weighted by atomic mass is 9.95. The Kier molecular flexibility index (Phi) is 8.01. The van der Waals surface area contributed by atoms with Crippen LogP contribution < -0.4 is 14.8 Å². The zero-order chi connectivity index (χ0) is 24.0. The van der Waals surface area contributed by atoms with Gasteiger partial charge in [0.25, 0.3) is 0 Å². The molecule has 0 radical (unpaired) electrons. The van der Waals surface area contributed by atoms with Gasteiger partial charge in [-0.15, -0.1) is 10.2 Å². The summed E-state index contributed by atoms with van der Waals surface area (Å²) < 4.78 is 34.3. The minimum absolute atomic E-state index is 0.00992. The van der Waals surface area contributed by atoms with Gasteiger partial charge < -0.3 is 10.1 Å². The molecule has 0 atom stereocenters. The van der Waals surface area contributed by atoms with Crippen LogP contribution in [0.3, 0.4) is 0 Å². The largest absolute Gasteiger partial charge is 0.497 e. The van der Waals surface area contributed by atoms with E-state index in [2.05, 4.69) is 25.3 Å². The van der Waals surface area contributed by atoms with Gasteiger partial charge in [-0.2, -0.15) is 9.61 Å². The molecule has 0 spiro atoms. The minimum Gasteiger partial charge on any atom is -0.497 e. The molecule has 10 nitrogen and oxygen atoms in total. The maximum Gasteiger partial charge on any atom is 0.240 e. The standard InChI is InChI=1S/C22H28N6O4S2/c1-32-17-7-9-18(10-8-17)34(30,31)23-14-13-20-26-25-19-11-12-22(27-28(19)20)33-15-21(29)24-16-5-3-2-4-6-16/h7-12,16,23H,2-6,13-15H2,1H3,(H,24,29). The SMILES string of the molecule is COc1ccc(S(=O)(=O)NCCc2nnc3ccc(SCC(=O)NC4CCCCC4)nn23)cc1. The number of carbonyl (C=O) groups excluding carboxylic acids is 1. The summed E-state index contributed by atoms with van der Waals surface area (Å²) in [6, 6.07) is 10.0. The summed E-state index contributed by atoms with van der Waals surface area (Å²) in [5, 5.41) is 16.5. The zero-order valence-corrected chi connectivity index (χ0v) is 20.6. The van der Waals surface area contributed by atoms with Crippen LogP contribution in [0.5, 0.6) is 5.75 Å². The molecule has 3 aromatic rings. The number of aromatic nitrogens is 4. The number of hydrogen-bond acceptors (Lipinski definition) is 8. The van der Waals surface area contributed by atoms with Crippen molar-refractivity contribution in [3.05, 3.63) is 42.2 Å². The van der Waals surface area contributed by atoms with Crippen LogP contribution in [0.2, 0.25) is 0 Å². The third-order valence-corrected chi connectivity index (χ3v) is 8.03. The van der Waals surface area contributed by atoms with Crippen molar-refractivity contribution in [2.24, 2.45) is 0 Å². The number of ether oxygens (including phenoxy) is 1. The Morgan fingerprint density at radius 1 is 1.12 bits per heavy atom. The number of fused-ring (bicyclic) bond motifs is 1. The molecule has 0 saturated heterocycles. The fraction of sp³-hybridized carbons (Fsp3) is 0.455. The van der Waals surface area contributed by atoms with Crippen LogP contribution in [0, 0.1) is 0 Å². The van der Waals surface area contributed by atoms with Crippen molar-refractivity contribution in [1.29, 1.82) is 0 Å². The average Bonchev–Trinajstić information content (AvgIpc) is 3.25. The molecular weight excluding hydrogens is 476 g/mol. The predicted octanol–water partition coefficient (Wildman–Crippen LogP) is 2.19. The summed E-state index contributed by atoms with van der Waals surface area (Å²) in [5.41, 5.74) is 0.559. The Morgan fingerprint density at radius 2 is 1.88 bits per heavy atom. The quantitative estimate of drug-likeness (QED) is 0.402. The molecule has 12 heteroatoms. The van der Waals surface area contributed by atoms with Crippen LogP contribution in [-0.4, -0.2) is 59.6 Å². The predicted molar refractivity (Wildman–Crippen MR) is 128 cm³/mol. The normalized spacial score (nSPS) is 14.9. The highest BCUT2D eigenvalue weighted by Crippen LogP contribution is 2.19. The number of benzene rings is 1. The van der Waals surface area contributed by atoms with Gasteiger partial charge in [-0.3, -0.25) is 4.79 Å². The van der Waals surface area contributed by atoms with Crippen LogP contribution in [0.4, 0.5) is 0 Å². The van der Waals surface area contributed by atoms with Crippen LogP contribution in [0.1, 0.15) is 37.9 Å². The molecule has 2 aromatic heterocycles. The van der Waals surface area contributed by atoms with Gasteiger partial charge in [0.2, 0.25) is 15.9 Å². The molecule has 182 valence electrons. The molecule has 1 aliphatic carbocycles. The average molecular weight is 505 g/mol. The molecule has 0 unspecified atom stereocenters. The van der Waals surface area contributed by atoms with Crippen molar-refractivity contribution in [3.63, 3.8) is 0 Å². The summed E-state index contributed by atoms with van der Waals surface area (Å²) in [7, 11) is -2.14. The zero-order valence-electron chi connectivity index (χ0n) is 18.9. The fourth-order valence-electron chi connectivity index (χ4n) is 3.84. The number of thioether (sulfide) groups is 1. The Morgan fingerprint density at radius 3 is 2.62 bits per heavy atom. The maximum absolute atomic E-state index is 12.5. The number of sulfonamides is 1. The lowest BCUT2D eigenvalue weighted by molar-refractivity contribution is -0.119. The third-order valence-electron chi connectivity index (χ3n) is 5.63. The van der Waals surface area contributed by atoms with Gasteiger partial charge in [-0.1, -0.05) is 31.0 Å². The van der Waals surface area contributed by atoms with Crippen molar-refractivity contribution in [2.75, 3.05) is 19.4 Å². The van der Waals surface area contributed by atoms with Crippen LogP contribution in [-0.2, 0) is 21.2 Å². The molecule has 34 heavy (non-hydrogen) atoms. The molecule has 1 saturated carbocycles. The maximum atomic E-state index is 12.5. The second-order valence-corrected chi connectivity index (χ2v) is 10.8. The lowest BCUT2D eigenvalue weighted by Gasteiger charge is -2.22. The molecule has 1 aromatic carbocycles. The van der Waals surface area contributed by atoms with E-state index in [9.17, 15) is 13.2 Å². The van der Waals surface area contributed by atoms with Gasteiger partial charge in [0, 0.05) is 19.0 Å². The molecule has 4 rings (SSSR count). The first-order valence-corrected chi connectivity index (χ1v) is 13.7. The summed E-state index contributed by atoms with van der Waals surface area (Å²) in [5.74, 6) is 1.41. The van der Waals surface area contributed by atoms with Crippen molar-refractivity contribution < 1.29 is 17.9 Å². The van der Waals surface area contributed by atoms with Gasteiger partial charge in [-0.05, 0) is 49.2 Å². The number of amides is 1. The van der Waals surface area contributed by atoms with E-state index in [1.165, 1.54) is 50.3 Å². The summed E-state index contributed by atoms with van der Waals surface area (Å²) >= 11 is 1.35. The highest BCUT2D eigenvalue weighted by atomic mass is 32.2. The van der Waals surface area contributed by atoms with Crippen molar-refractivity contribution >= 4 is 33.3 Å². The highest BCUT2D eigenvalue weighted by Gasteiger charge is 2.17. The second-order valence-electron chi connectivity index (χ2n) is 8.07. The number of carbonyl (C=O) groups is 1. The minimum atomic E-state index is -3.66. The Bertz CT molecular complexity index is 1220. The Hall–Kier alpha value is -2.70. The lowest BCUT2D eigenvalue weighted by Crippen LogP contribution is -2.37. The van der Waals surface area contributed by atoms with Gasteiger partial charge >= 0.3 is 0 Å². The molecule has 1 amide bonds. The van der Waals surface area contributed by atoms with Gasteiger partial charge in [0.05, 0.1) is 17.8 Å². The molecule has 1 aliphatic rings. The number of methoxy groups -OCH3 is 1. The van der Waals surface area contributed by atoms with Crippen molar-refractivity contribution in [2.45, 2.75) is 54.5 Å². The van der Waals surface area contributed by atoms with Crippen molar-refractivity contribution in [3.8, 4) is 5.75 Å². The first-order valence-electron chi connectivity index (χ1n) is 11.2. The number of hydrogen-bond donors (Lipinski definition) is 2. The molecule has 1 fully saturated rings. The van der Waals surface area contributed by atoms with E-state index >= 15 is 0 Å². The fourth-order valence-corrected chi connectivity index (χ4v) is 5.54.